The van der Waals surface area contributed by atoms with Crippen molar-refractivity contribution in [2.75, 3.05) is 6.79 Å². The van der Waals surface area contributed by atoms with Crippen molar-refractivity contribution < 1.29 is 9.47 Å². The van der Waals surface area contributed by atoms with Gasteiger partial charge in [0.15, 0.2) is 6.79 Å². The highest BCUT2D eigenvalue weighted by Gasteiger charge is 2.18. The lowest BCUT2D eigenvalue weighted by Gasteiger charge is -2.21. The zero-order valence-corrected chi connectivity index (χ0v) is 7.30. The van der Waals surface area contributed by atoms with Crippen LogP contribution in [0.3, 0.4) is 0 Å². The van der Waals surface area contributed by atoms with E-state index in [9.17, 15) is 0 Å². The summed E-state index contributed by atoms with van der Waals surface area (Å²) in [7, 11) is 0. The molecule has 0 bridgehead atoms. The van der Waals surface area contributed by atoms with Gasteiger partial charge in [0.05, 0.1) is 0 Å². The van der Waals surface area contributed by atoms with E-state index in [1.807, 2.05) is 18.2 Å². The molecule has 0 saturated heterocycles. The molecule has 0 N–H and O–H groups in total. The first-order valence-electron chi connectivity index (χ1n) is 3.27. The van der Waals surface area contributed by atoms with Crippen LogP contribution in [0.4, 0.5) is 0 Å². The van der Waals surface area contributed by atoms with Gasteiger partial charge in [-0.05, 0) is 12.1 Å². The van der Waals surface area contributed by atoms with E-state index in [0.29, 0.717) is 6.79 Å². The predicted octanol–water partition coefficient (Wildman–Crippen LogP) is 2.25. The van der Waals surface area contributed by atoms with Gasteiger partial charge in [0, 0.05) is 5.56 Å². The first kappa shape index (κ1) is 7.13. The van der Waals surface area contributed by atoms with E-state index >= 15 is 0 Å². The molecule has 2 nitrogen and oxygen atoms in total. The Morgan fingerprint density at radius 3 is 3.36 bits per heavy atom. The van der Waals surface area contributed by atoms with Crippen LogP contribution in [0.5, 0.6) is 5.75 Å². The molecule has 0 saturated carbocycles. The van der Waals surface area contributed by atoms with E-state index in [-0.39, 0.29) is 5.01 Å². The lowest BCUT2D eigenvalue weighted by Crippen LogP contribution is -2.12. The summed E-state index contributed by atoms with van der Waals surface area (Å²) < 4.78 is 10.4. The third-order valence-corrected chi connectivity index (χ3v) is 2.23. The van der Waals surface area contributed by atoms with Crippen LogP contribution in [0, 0.1) is 6.07 Å². The van der Waals surface area contributed by atoms with Crippen LogP contribution < -0.4 is 4.74 Å². The number of hydrogen-bond donors (Lipinski definition) is 0. The van der Waals surface area contributed by atoms with Gasteiger partial charge >= 0.3 is 0 Å². The predicted molar refractivity (Wildman–Crippen MR) is 43.5 cm³/mol. The van der Waals surface area contributed by atoms with E-state index < -0.39 is 0 Å². The molecule has 1 atom stereocenters. The van der Waals surface area contributed by atoms with Crippen LogP contribution in [0.25, 0.3) is 0 Å². The Labute approximate surface area is 73.3 Å². The second-order valence-corrected chi connectivity index (χ2v) is 3.02. The molecular formula is C8H6BrO2. The molecule has 1 radical (unpaired) electrons. The topological polar surface area (TPSA) is 18.5 Å². The van der Waals surface area contributed by atoms with Crippen molar-refractivity contribution in [1.29, 1.82) is 0 Å². The number of alkyl halides is 1. The molecular weight excluding hydrogens is 208 g/mol. The van der Waals surface area contributed by atoms with Gasteiger partial charge in [0.1, 0.15) is 10.8 Å². The largest absolute Gasteiger partial charge is 0.467 e. The highest BCUT2D eigenvalue weighted by Crippen LogP contribution is 2.34. The maximum absolute atomic E-state index is 5.21. The van der Waals surface area contributed by atoms with Gasteiger partial charge in [0.25, 0.3) is 0 Å². The summed E-state index contributed by atoms with van der Waals surface area (Å²) in [6.07, 6.45) is 0. The average molecular weight is 214 g/mol. The summed E-state index contributed by atoms with van der Waals surface area (Å²) in [5, 5.41) is -0.0764. The SMILES string of the molecule is BrC1OCOc2ccc[c]c21. The van der Waals surface area contributed by atoms with Crippen molar-refractivity contribution in [1.82, 2.24) is 0 Å². The molecule has 11 heavy (non-hydrogen) atoms. The van der Waals surface area contributed by atoms with Gasteiger partial charge < -0.3 is 9.47 Å². The fourth-order valence-corrected chi connectivity index (χ4v) is 1.44. The van der Waals surface area contributed by atoms with Crippen molar-refractivity contribution >= 4 is 15.9 Å². The molecule has 0 spiro atoms. The van der Waals surface area contributed by atoms with E-state index in [1.165, 1.54) is 0 Å². The van der Waals surface area contributed by atoms with Gasteiger partial charge in [-0.3, -0.25) is 0 Å². The zero-order valence-electron chi connectivity index (χ0n) is 5.71. The third kappa shape index (κ3) is 1.26. The monoisotopic (exact) mass is 213 g/mol. The number of halogens is 1. The van der Waals surface area contributed by atoms with E-state index in [4.69, 9.17) is 9.47 Å². The summed E-state index contributed by atoms with van der Waals surface area (Å²) in [5.41, 5.74) is 0.929. The van der Waals surface area contributed by atoms with Gasteiger partial charge in [-0.2, -0.15) is 0 Å². The summed E-state index contributed by atoms with van der Waals surface area (Å²) in [5.74, 6) is 0.848. The van der Waals surface area contributed by atoms with Gasteiger partial charge in [-0.25, -0.2) is 0 Å². The number of hydrogen-bond acceptors (Lipinski definition) is 2. The molecule has 1 aliphatic heterocycles. The van der Waals surface area contributed by atoms with Gasteiger partial charge in [-0.15, -0.1) is 0 Å². The molecule has 0 aliphatic carbocycles. The lowest BCUT2D eigenvalue weighted by molar-refractivity contribution is -0.0183. The van der Waals surface area contributed by atoms with Crippen LogP contribution in [0.15, 0.2) is 18.2 Å². The number of benzene rings is 1. The summed E-state index contributed by atoms with van der Waals surface area (Å²) in [4.78, 5) is 0. The third-order valence-electron chi connectivity index (χ3n) is 1.50. The fourth-order valence-electron chi connectivity index (χ4n) is 0.978. The second-order valence-electron chi connectivity index (χ2n) is 2.19. The van der Waals surface area contributed by atoms with E-state index in [1.54, 1.807) is 0 Å². The van der Waals surface area contributed by atoms with E-state index in [0.717, 1.165) is 11.3 Å². The highest BCUT2D eigenvalue weighted by molar-refractivity contribution is 9.09. The van der Waals surface area contributed by atoms with Gasteiger partial charge in [0.2, 0.25) is 0 Å². The maximum atomic E-state index is 5.21. The number of fused-ring (bicyclic) bond motifs is 1. The Morgan fingerprint density at radius 1 is 1.64 bits per heavy atom. The molecule has 1 aromatic carbocycles. The van der Waals surface area contributed by atoms with Crippen molar-refractivity contribution in [3.05, 3.63) is 29.8 Å². The quantitative estimate of drug-likeness (QED) is 0.616. The average Bonchev–Trinajstić information content (AvgIpc) is 2.06. The van der Waals surface area contributed by atoms with Crippen molar-refractivity contribution in [2.45, 2.75) is 5.01 Å². The minimum absolute atomic E-state index is 0.0764. The second kappa shape index (κ2) is 2.83. The Balaban J connectivity index is 2.44. The maximum Gasteiger partial charge on any atom is 0.190 e. The molecule has 57 valence electrons. The summed E-state index contributed by atoms with van der Waals surface area (Å²) >= 11 is 3.35. The first-order valence-corrected chi connectivity index (χ1v) is 4.18. The van der Waals surface area contributed by atoms with Crippen LogP contribution in [0.1, 0.15) is 10.6 Å². The molecule has 2 rings (SSSR count). The van der Waals surface area contributed by atoms with Crippen LogP contribution >= 0.6 is 15.9 Å². The Morgan fingerprint density at radius 2 is 2.55 bits per heavy atom. The Hall–Kier alpha value is -0.540. The molecule has 1 unspecified atom stereocenters. The summed E-state index contributed by atoms with van der Waals surface area (Å²) in [6, 6.07) is 8.68. The molecule has 1 aliphatic rings. The van der Waals surface area contributed by atoms with Gasteiger partial charge in [-0.1, -0.05) is 28.1 Å². The lowest BCUT2D eigenvalue weighted by atomic mass is 10.2. The summed E-state index contributed by atoms with van der Waals surface area (Å²) in [6.45, 7) is 0.306. The van der Waals surface area contributed by atoms with Crippen LogP contribution in [-0.2, 0) is 4.74 Å². The van der Waals surface area contributed by atoms with Crippen LogP contribution in [-0.4, -0.2) is 6.79 Å². The fraction of sp³-hybridized carbons (Fsp3) is 0.250. The highest BCUT2D eigenvalue weighted by atomic mass is 79.9. The molecule has 0 aromatic heterocycles. The Bertz CT molecular complexity index is 262. The minimum atomic E-state index is -0.0764. The standard InChI is InChI=1S/C8H6BrO2/c9-8-6-3-1-2-4-7(6)10-5-11-8/h1-2,4,8H,5H2. The van der Waals surface area contributed by atoms with Crippen LogP contribution in [0.2, 0.25) is 0 Å². The van der Waals surface area contributed by atoms with Crippen molar-refractivity contribution in [3.8, 4) is 5.75 Å². The normalized spacial score (nSPS) is 22.1. The van der Waals surface area contributed by atoms with Crippen molar-refractivity contribution in [3.63, 3.8) is 0 Å². The molecule has 1 heterocycles. The van der Waals surface area contributed by atoms with Crippen molar-refractivity contribution in [2.24, 2.45) is 0 Å². The molecule has 0 amide bonds. The molecule has 3 heteroatoms. The molecule has 0 fully saturated rings. The first-order chi connectivity index (χ1) is 5.38. The number of rotatable bonds is 0. The smallest absolute Gasteiger partial charge is 0.190 e. The number of ether oxygens (including phenoxy) is 2. The Kier molecular flexibility index (Phi) is 1.84. The van der Waals surface area contributed by atoms with E-state index in [2.05, 4.69) is 22.0 Å². The minimum Gasteiger partial charge on any atom is -0.467 e. The zero-order chi connectivity index (χ0) is 7.68. The molecule has 1 aromatic rings.